The van der Waals surface area contributed by atoms with Crippen molar-refractivity contribution in [3.05, 3.63) is 10.4 Å². The second kappa shape index (κ2) is 3.54. The third-order valence-electron chi connectivity index (χ3n) is 3.21. The molecule has 0 radical (unpaired) electrons. The lowest BCUT2D eigenvalue weighted by atomic mass is 9.78. The molecule has 1 saturated carbocycles. The molecule has 4 atom stereocenters. The first-order chi connectivity index (χ1) is 6.31. The summed E-state index contributed by atoms with van der Waals surface area (Å²) in [5.74, 6) is 1.18. The molecule has 0 aromatic carbocycles. The summed E-state index contributed by atoms with van der Waals surface area (Å²) in [6, 6.07) is -0.203. The Morgan fingerprint density at radius 2 is 2.00 bits per heavy atom. The minimum absolute atomic E-state index is 0.203. The summed E-state index contributed by atoms with van der Waals surface area (Å²) in [6.45, 7) is 2.01. The lowest BCUT2D eigenvalue weighted by molar-refractivity contribution is 0.0665. The molecule has 0 amide bonds. The Kier molecular flexibility index (Phi) is 2.40. The van der Waals surface area contributed by atoms with Gasteiger partial charge in [0, 0.05) is 4.91 Å². The van der Waals surface area contributed by atoms with E-state index in [1.807, 2.05) is 0 Å². The molecule has 1 saturated heterocycles. The minimum atomic E-state index is -0.433. The van der Waals surface area contributed by atoms with E-state index in [1.165, 1.54) is 0 Å². The number of aliphatic hydroxyl groups is 1. The van der Waals surface area contributed by atoms with E-state index in [1.54, 1.807) is 0 Å². The fourth-order valence-electron chi connectivity index (χ4n) is 2.46. The van der Waals surface area contributed by atoms with Crippen molar-refractivity contribution in [2.24, 2.45) is 17.0 Å². The highest BCUT2D eigenvalue weighted by molar-refractivity contribution is 4.94. The summed E-state index contributed by atoms with van der Waals surface area (Å²) in [6.07, 6.45) is 1.18. The Morgan fingerprint density at radius 3 is 2.69 bits per heavy atom. The normalized spacial score (nSPS) is 43.8. The standard InChI is InChI=1S/C8H14N4O/c9-12-11-7-1-5-3-10-4-6(5)2-8(7)13/h5-8,10,13H,1-4H2/t5-,6+,7?,8-/m0/s1. The summed E-state index contributed by atoms with van der Waals surface area (Å²) in [5, 5.41) is 16.6. The Bertz CT molecular complexity index is 238. The van der Waals surface area contributed by atoms with Crippen LogP contribution >= 0.6 is 0 Å². The highest BCUT2D eigenvalue weighted by Crippen LogP contribution is 2.34. The van der Waals surface area contributed by atoms with Crippen LogP contribution < -0.4 is 5.32 Å². The molecule has 5 nitrogen and oxygen atoms in total. The highest BCUT2D eigenvalue weighted by Gasteiger charge is 2.38. The molecule has 1 aliphatic carbocycles. The average molecular weight is 182 g/mol. The predicted molar refractivity (Wildman–Crippen MR) is 48.0 cm³/mol. The minimum Gasteiger partial charge on any atom is -0.393 e. The van der Waals surface area contributed by atoms with Crippen molar-refractivity contribution < 1.29 is 5.11 Å². The van der Waals surface area contributed by atoms with Crippen LogP contribution in [-0.2, 0) is 0 Å². The van der Waals surface area contributed by atoms with Crippen LogP contribution in [0.3, 0.4) is 0 Å². The van der Waals surface area contributed by atoms with Crippen LogP contribution in [0, 0.1) is 11.8 Å². The molecular formula is C8H14N4O. The van der Waals surface area contributed by atoms with Gasteiger partial charge in [-0.05, 0) is 43.3 Å². The Labute approximate surface area is 76.8 Å². The van der Waals surface area contributed by atoms with Gasteiger partial charge in [0.1, 0.15) is 0 Å². The zero-order valence-corrected chi connectivity index (χ0v) is 7.43. The topological polar surface area (TPSA) is 81.0 Å². The fraction of sp³-hybridized carbons (Fsp3) is 1.00. The number of rotatable bonds is 1. The Morgan fingerprint density at radius 1 is 1.31 bits per heavy atom. The molecule has 1 unspecified atom stereocenters. The Hall–Kier alpha value is -0.770. The summed E-state index contributed by atoms with van der Waals surface area (Å²) in [7, 11) is 0. The first kappa shape index (κ1) is 8.81. The maximum Gasteiger partial charge on any atom is 0.0637 e. The molecule has 5 heteroatoms. The molecular weight excluding hydrogens is 168 g/mol. The van der Waals surface area contributed by atoms with Gasteiger partial charge in [0.15, 0.2) is 0 Å². The number of azide groups is 1. The first-order valence-corrected chi connectivity index (χ1v) is 4.74. The predicted octanol–water partition coefficient (Wildman–Crippen LogP) is 0.656. The van der Waals surface area contributed by atoms with Crippen molar-refractivity contribution in [3.63, 3.8) is 0 Å². The molecule has 2 rings (SSSR count). The van der Waals surface area contributed by atoms with Gasteiger partial charge in [-0.1, -0.05) is 5.11 Å². The van der Waals surface area contributed by atoms with Gasteiger partial charge in [0.2, 0.25) is 0 Å². The van der Waals surface area contributed by atoms with Crippen molar-refractivity contribution in [1.82, 2.24) is 5.32 Å². The quantitative estimate of drug-likeness (QED) is 0.355. The van der Waals surface area contributed by atoms with Crippen LogP contribution in [0.4, 0.5) is 0 Å². The largest absolute Gasteiger partial charge is 0.393 e. The van der Waals surface area contributed by atoms with Crippen LogP contribution in [-0.4, -0.2) is 30.3 Å². The smallest absolute Gasteiger partial charge is 0.0637 e. The third-order valence-corrected chi connectivity index (χ3v) is 3.21. The maximum atomic E-state index is 9.65. The monoisotopic (exact) mass is 182 g/mol. The van der Waals surface area contributed by atoms with E-state index in [4.69, 9.17) is 5.53 Å². The summed E-state index contributed by atoms with van der Waals surface area (Å²) >= 11 is 0. The van der Waals surface area contributed by atoms with Crippen molar-refractivity contribution >= 4 is 0 Å². The molecule has 13 heavy (non-hydrogen) atoms. The molecule has 1 heterocycles. The van der Waals surface area contributed by atoms with E-state index in [2.05, 4.69) is 15.3 Å². The van der Waals surface area contributed by atoms with Gasteiger partial charge < -0.3 is 10.4 Å². The van der Waals surface area contributed by atoms with Crippen LogP contribution in [0.15, 0.2) is 5.11 Å². The number of aliphatic hydroxyl groups excluding tert-OH is 1. The van der Waals surface area contributed by atoms with Crippen LogP contribution in [0.5, 0.6) is 0 Å². The summed E-state index contributed by atoms with van der Waals surface area (Å²) in [5.41, 5.74) is 8.31. The van der Waals surface area contributed by atoms with E-state index in [-0.39, 0.29) is 6.04 Å². The molecule has 2 N–H and O–H groups in total. The van der Waals surface area contributed by atoms with Crippen molar-refractivity contribution in [1.29, 1.82) is 0 Å². The molecule has 2 fully saturated rings. The summed E-state index contributed by atoms with van der Waals surface area (Å²) in [4.78, 5) is 2.77. The van der Waals surface area contributed by atoms with Gasteiger partial charge >= 0.3 is 0 Å². The lowest BCUT2D eigenvalue weighted by Gasteiger charge is -2.32. The van der Waals surface area contributed by atoms with Crippen LogP contribution in [0.25, 0.3) is 10.4 Å². The van der Waals surface area contributed by atoms with E-state index in [0.29, 0.717) is 11.8 Å². The second-order valence-corrected chi connectivity index (χ2v) is 3.99. The second-order valence-electron chi connectivity index (χ2n) is 3.99. The fourth-order valence-corrected chi connectivity index (χ4v) is 2.46. The lowest BCUT2D eigenvalue weighted by Crippen LogP contribution is -2.37. The first-order valence-electron chi connectivity index (χ1n) is 4.74. The van der Waals surface area contributed by atoms with Crippen molar-refractivity contribution in [2.45, 2.75) is 25.0 Å². The van der Waals surface area contributed by atoms with Crippen molar-refractivity contribution in [3.8, 4) is 0 Å². The van der Waals surface area contributed by atoms with Crippen LogP contribution in [0.2, 0.25) is 0 Å². The number of nitrogens with one attached hydrogen (secondary N) is 1. The van der Waals surface area contributed by atoms with Gasteiger partial charge in [0.25, 0.3) is 0 Å². The molecule has 0 spiro atoms. The van der Waals surface area contributed by atoms with Gasteiger partial charge in [-0.25, -0.2) is 0 Å². The van der Waals surface area contributed by atoms with Gasteiger partial charge in [-0.15, -0.1) is 0 Å². The van der Waals surface area contributed by atoms with Crippen molar-refractivity contribution in [2.75, 3.05) is 13.1 Å². The number of nitrogens with zero attached hydrogens (tertiary/aromatic N) is 3. The van der Waals surface area contributed by atoms with E-state index in [0.717, 1.165) is 25.9 Å². The van der Waals surface area contributed by atoms with E-state index in [9.17, 15) is 5.11 Å². The zero-order valence-electron chi connectivity index (χ0n) is 7.43. The highest BCUT2D eigenvalue weighted by atomic mass is 16.3. The Balaban J connectivity index is 2.04. The van der Waals surface area contributed by atoms with Gasteiger partial charge in [0.05, 0.1) is 12.1 Å². The van der Waals surface area contributed by atoms with E-state index >= 15 is 0 Å². The number of hydrogen-bond acceptors (Lipinski definition) is 3. The average Bonchev–Trinajstić information content (AvgIpc) is 2.52. The number of fused-ring (bicyclic) bond motifs is 1. The number of hydrogen-bond donors (Lipinski definition) is 2. The SMILES string of the molecule is [N-]=[N+]=NC1C[C@H]2CNC[C@H]2C[C@@H]1O. The molecule has 0 aromatic heterocycles. The van der Waals surface area contributed by atoms with Gasteiger partial charge in [-0.3, -0.25) is 0 Å². The molecule has 72 valence electrons. The maximum absolute atomic E-state index is 9.65. The third kappa shape index (κ3) is 1.63. The summed E-state index contributed by atoms with van der Waals surface area (Å²) < 4.78 is 0. The van der Waals surface area contributed by atoms with Gasteiger partial charge in [-0.2, -0.15) is 0 Å². The molecule has 0 bridgehead atoms. The van der Waals surface area contributed by atoms with E-state index < -0.39 is 6.10 Å². The molecule has 1 aliphatic heterocycles. The molecule has 0 aromatic rings. The zero-order chi connectivity index (χ0) is 9.26. The molecule has 2 aliphatic rings. The van der Waals surface area contributed by atoms with Crippen LogP contribution in [0.1, 0.15) is 12.8 Å².